The minimum atomic E-state index is -3.99. The molecule has 0 radical (unpaired) electrons. The van der Waals surface area contributed by atoms with E-state index in [1.165, 1.54) is 11.1 Å². The van der Waals surface area contributed by atoms with Crippen LogP contribution in [0.15, 0.2) is 89.8 Å². The largest absolute Gasteiger partial charge is 0.465 e. The Morgan fingerprint density at radius 2 is 1.42 bits per heavy atom. The monoisotopic (exact) mass is 459 g/mol. The number of aryl methyl sites for hydroxylation is 1. The van der Waals surface area contributed by atoms with E-state index in [0.717, 1.165) is 11.1 Å². The highest BCUT2D eigenvalue weighted by Gasteiger charge is 2.32. The molecule has 0 spiro atoms. The van der Waals surface area contributed by atoms with Crippen molar-refractivity contribution in [3.8, 4) is 11.3 Å². The highest BCUT2D eigenvalue weighted by atomic mass is 32.2. The van der Waals surface area contributed by atoms with Gasteiger partial charge in [-0.2, -0.15) is 0 Å². The summed E-state index contributed by atoms with van der Waals surface area (Å²) < 4.78 is 34.2. The van der Waals surface area contributed by atoms with Gasteiger partial charge in [-0.3, -0.25) is 0 Å². The van der Waals surface area contributed by atoms with Crippen molar-refractivity contribution in [3.05, 3.63) is 113 Å². The number of hydrogen-bond donors (Lipinski definition) is 0. The Kier molecular flexibility index (Phi) is 6.20. The minimum absolute atomic E-state index is 0.158. The number of ether oxygens (including phenoxy) is 1. The first-order valence-electron chi connectivity index (χ1n) is 10.6. The number of aromatic nitrogens is 1. The third-order valence-electron chi connectivity index (χ3n) is 5.68. The van der Waals surface area contributed by atoms with E-state index in [1.54, 1.807) is 31.2 Å². The molecule has 0 amide bonds. The van der Waals surface area contributed by atoms with Gasteiger partial charge in [-0.25, -0.2) is 17.2 Å². The molecule has 33 heavy (non-hydrogen) atoms. The summed E-state index contributed by atoms with van der Waals surface area (Å²) in [5.74, 6) is -0.562. The van der Waals surface area contributed by atoms with E-state index in [0.29, 0.717) is 28.9 Å². The molecule has 0 atom stereocenters. The highest BCUT2D eigenvalue weighted by Crippen LogP contribution is 2.36. The van der Waals surface area contributed by atoms with Crippen LogP contribution >= 0.6 is 0 Å². The molecule has 3 aromatic carbocycles. The molecular formula is C27H25NO4S. The number of methoxy groups -OCH3 is 1. The third kappa shape index (κ3) is 4.22. The Balaban J connectivity index is 2.08. The van der Waals surface area contributed by atoms with Crippen LogP contribution in [0.2, 0.25) is 0 Å². The SMILES string of the molecule is COC(=O)c1c(Cc2ccccc2)c(-c2ccccc2)n(S(=O)(=O)c2ccc(C)cc2)c1C. The lowest BCUT2D eigenvalue weighted by molar-refractivity contribution is 0.0599. The van der Waals surface area contributed by atoms with E-state index in [1.807, 2.05) is 67.6 Å². The van der Waals surface area contributed by atoms with Gasteiger partial charge in [0.05, 0.1) is 23.3 Å². The second kappa shape index (κ2) is 9.08. The number of benzene rings is 3. The van der Waals surface area contributed by atoms with Crippen molar-refractivity contribution in [1.29, 1.82) is 0 Å². The lowest BCUT2D eigenvalue weighted by Crippen LogP contribution is -2.16. The number of carbonyl (C=O) groups is 1. The van der Waals surface area contributed by atoms with Crippen molar-refractivity contribution >= 4 is 16.0 Å². The number of esters is 1. The second-order valence-electron chi connectivity index (χ2n) is 7.89. The predicted molar refractivity (Wildman–Crippen MR) is 129 cm³/mol. The van der Waals surface area contributed by atoms with Crippen LogP contribution in [0.4, 0.5) is 0 Å². The molecule has 0 fully saturated rings. The van der Waals surface area contributed by atoms with Gasteiger partial charge < -0.3 is 4.74 Å². The fraction of sp³-hybridized carbons (Fsp3) is 0.148. The van der Waals surface area contributed by atoms with E-state index in [2.05, 4.69) is 0 Å². The molecule has 4 rings (SSSR count). The molecule has 0 unspecified atom stereocenters. The van der Waals surface area contributed by atoms with Gasteiger partial charge in [-0.05, 0) is 42.7 Å². The van der Waals surface area contributed by atoms with E-state index >= 15 is 0 Å². The van der Waals surface area contributed by atoms with Gasteiger partial charge in [0.1, 0.15) is 0 Å². The van der Waals surface area contributed by atoms with Crippen molar-refractivity contribution in [3.63, 3.8) is 0 Å². The average molecular weight is 460 g/mol. The van der Waals surface area contributed by atoms with Gasteiger partial charge in [0.15, 0.2) is 0 Å². The molecular weight excluding hydrogens is 434 g/mol. The van der Waals surface area contributed by atoms with Crippen LogP contribution in [0.25, 0.3) is 11.3 Å². The molecule has 0 aliphatic carbocycles. The molecule has 1 aromatic heterocycles. The molecule has 5 nitrogen and oxygen atoms in total. The summed E-state index contributed by atoms with van der Waals surface area (Å²) in [7, 11) is -2.68. The van der Waals surface area contributed by atoms with Crippen LogP contribution < -0.4 is 0 Å². The summed E-state index contributed by atoms with van der Waals surface area (Å²) in [6, 6.07) is 25.7. The highest BCUT2D eigenvalue weighted by molar-refractivity contribution is 7.90. The number of rotatable bonds is 6. The summed E-state index contributed by atoms with van der Waals surface area (Å²) >= 11 is 0. The zero-order valence-electron chi connectivity index (χ0n) is 18.8. The number of hydrogen-bond acceptors (Lipinski definition) is 4. The van der Waals surface area contributed by atoms with Crippen molar-refractivity contribution in [2.24, 2.45) is 0 Å². The second-order valence-corrected chi connectivity index (χ2v) is 9.68. The first kappa shape index (κ1) is 22.6. The fourth-order valence-electron chi connectivity index (χ4n) is 4.08. The number of nitrogens with zero attached hydrogens (tertiary/aromatic N) is 1. The summed E-state index contributed by atoms with van der Waals surface area (Å²) in [6.07, 6.45) is 0.382. The topological polar surface area (TPSA) is 65.4 Å². The molecule has 0 bridgehead atoms. The van der Waals surface area contributed by atoms with E-state index in [9.17, 15) is 13.2 Å². The zero-order chi connectivity index (χ0) is 23.6. The predicted octanol–water partition coefficient (Wildman–Crippen LogP) is 5.39. The zero-order valence-corrected chi connectivity index (χ0v) is 19.6. The molecule has 0 aliphatic rings. The molecule has 0 N–H and O–H groups in total. The van der Waals surface area contributed by atoms with Crippen LogP contribution in [0.1, 0.15) is 32.7 Å². The fourth-order valence-corrected chi connectivity index (χ4v) is 5.68. The van der Waals surface area contributed by atoms with Crippen LogP contribution in [-0.2, 0) is 21.2 Å². The van der Waals surface area contributed by atoms with Crippen molar-refractivity contribution in [2.75, 3.05) is 7.11 Å². The van der Waals surface area contributed by atoms with Crippen molar-refractivity contribution in [2.45, 2.75) is 25.2 Å². The summed E-state index contributed by atoms with van der Waals surface area (Å²) in [4.78, 5) is 13.1. The molecule has 1 heterocycles. The summed E-state index contributed by atoms with van der Waals surface area (Å²) in [6.45, 7) is 3.55. The van der Waals surface area contributed by atoms with Gasteiger partial charge in [-0.15, -0.1) is 0 Å². The van der Waals surface area contributed by atoms with Crippen LogP contribution in [0, 0.1) is 13.8 Å². The molecule has 0 aliphatic heterocycles. The normalized spacial score (nSPS) is 11.4. The van der Waals surface area contributed by atoms with Gasteiger partial charge >= 0.3 is 5.97 Å². The Morgan fingerprint density at radius 1 is 0.848 bits per heavy atom. The van der Waals surface area contributed by atoms with Crippen LogP contribution in [-0.4, -0.2) is 25.5 Å². The van der Waals surface area contributed by atoms with Crippen LogP contribution in [0.5, 0.6) is 0 Å². The van der Waals surface area contributed by atoms with Gasteiger partial charge in [0.2, 0.25) is 0 Å². The summed E-state index contributed by atoms with van der Waals surface area (Å²) in [5, 5.41) is 0. The maximum atomic E-state index is 13.9. The first-order valence-corrected chi connectivity index (χ1v) is 12.0. The van der Waals surface area contributed by atoms with Crippen molar-refractivity contribution in [1.82, 2.24) is 3.97 Å². The Hall–Kier alpha value is -3.64. The van der Waals surface area contributed by atoms with E-state index in [4.69, 9.17) is 4.74 Å². The molecule has 0 saturated heterocycles. The first-order chi connectivity index (χ1) is 15.8. The van der Waals surface area contributed by atoms with Crippen molar-refractivity contribution < 1.29 is 17.9 Å². The van der Waals surface area contributed by atoms with Gasteiger partial charge in [0.25, 0.3) is 10.0 Å². The maximum absolute atomic E-state index is 13.9. The van der Waals surface area contributed by atoms with Gasteiger partial charge in [-0.1, -0.05) is 78.4 Å². The molecule has 168 valence electrons. The number of carbonyl (C=O) groups excluding carboxylic acids is 1. The van der Waals surface area contributed by atoms with E-state index < -0.39 is 16.0 Å². The van der Waals surface area contributed by atoms with Gasteiger partial charge in [0, 0.05) is 12.1 Å². The minimum Gasteiger partial charge on any atom is -0.465 e. The standard InChI is InChI=1S/C27H25NO4S/c1-19-14-16-23(17-15-19)33(30,31)28-20(2)25(27(29)32-3)24(18-21-10-6-4-7-11-21)26(28)22-12-8-5-9-13-22/h4-17H,18H2,1-3H3. The quantitative estimate of drug-likeness (QED) is 0.363. The third-order valence-corrected chi connectivity index (χ3v) is 7.48. The Morgan fingerprint density at radius 3 is 2.00 bits per heavy atom. The molecule has 6 heteroatoms. The molecule has 0 saturated carbocycles. The average Bonchev–Trinajstić information content (AvgIpc) is 3.12. The lowest BCUT2D eigenvalue weighted by Gasteiger charge is -2.14. The van der Waals surface area contributed by atoms with Crippen LogP contribution in [0.3, 0.4) is 0 Å². The Labute approximate surface area is 194 Å². The molecule has 4 aromatic rings. The maximum Gasteiger partial charge on any atom is 0.340 e. The van der Waals surface area contributed by atoms with E-state index in [-0.39, 0.29) is 10.5 Å². The lowest BCUT2D eigenvalue weighted by atomic mass is 9.97. The Bertz CT molecular complexity index is 1390. The summed E-state index contributed by atoms with van der Waals surface area (Å²) in [5.41, 5.74) is 4.32. The smallest absolute Gasteiger partial charge is 0.340 e.